The average molecular weight is 256 g/mol. The van der Waals surface area contributed by atoms with Crippen molar-refractivity contribution in [2.75, 3.05) is 32.4 Å². The van der Waals surface area contributed by atoms with E-state index in [1.807, 2.05) is 0 Å². The fourth-order valence-electron chi connectivity index (χ4n) is 3.44. The van der Waals surface area contributed by atoms with E-state index in [9.17, 15) is 0 Å². The van der Waals surface area contributed by atoms with E-state index < -0.39 is 0 Å². The number of hydrogen-bond donors (Lipinski definition) is 1. The zero-order valence-electron chi connectivity index (χ0n) is 11.7. The maximum atomic E-state index is 3.51. The molecule has 2 nitrogen and oxygen atoms in total. The summed E-state index contributed by atoms with van der Waals surface area (Å²) in [5, 5.41) is 4.44. The lowest BCUT2D eigenvalue weighted by Crippen LogP contribution is -2.40. The van der Waals surface area contributed by atoms with Crippen LogP contribution in [0.5, 0.6) is 0 Å². The van der Waals surface area contributed by atoms with Crippen LogP contribution in [0, 0.1) is 5.41 Å². The van der Waals surface area contributed by atoms with Gasteiger partial charge < -0.3 is 10.2 Å². The van der Waals surface area contributed by atoms with Crippen molar-refractivity contribution in [1.82, 2.24) is 10.2 Å². The molecule has 1 saturated heterocycles. The van der Waals surface area contributed by atoms with Gasteiger partial charge in [0, 0.05) is 24.4 Å². The number of rotatable bonds is 5. The molecule has 1 heterocycles. The molecule has 17 heavy (non-hydrogen) atoms. The Labute approximate surface area is 111 Å². The Morgan fingerprint density at radius 1 is 1.41 bits per heavy atom. The van der Waals surface area contributed by atoms with Gasteiger partial charge >= 0.3 is 0 Å². The highest BCUT2D eigenvalue weighted by atomic mass is 32.2. The molecule has 3 atom stereocenters. The zero-order valence-corrected chi connectivity index (χ0v) is 12.5. The molecule has 2 rings (SSSR count). The van der Waals surface area contributed by atoms with Crippen molar-refractivity contribution < 1.29 is 0 Å². The van der Waals surface area contributed by atoms with Crippen LogP contribution in [0.1, 0.15) is 39.5 Å². The van der Waals surface area contributed by atoms with E-state index in [2.05, 4.69) is 42.9 Å². The fraction of sp³-hybridized carbons (Fsp3) is 1.00. The van der Waals surface area contributed by atoms with Gasteiger partial charge in [0.05, 0.1) is 0 Å². The molecular formula is C14H28N2S. The summed E-state index contributed by atoms with van der Waals surface area (Å²) in [6, 6.07) is 0.844. The third-order valence-electron chi connectivity index (χ3n) is 4.47. The molecule has 0 bridgehead atoms. The highest BCUT2D eigenvalue weighted by Crippen LogP contribution is 2.34. The molecule has 0 radical (unpaired) electrons. The van der Waals surface area contributed by atoms with Crippen molar-refractivity contribution in [2.24, 2.45) is 5.41 Å². The topological polar surface area (TPSA) is 15.3 Å². The Morgan fingerprint density at radius 3 is 2.88 bits per heavy atom. The Bertz CT molecular complexity index is 238. The fourth-order valence-corrected chi connectivity index (χ4v) is 4.57. The Hall–Kier alpha value is 0.270. The quantitative estimate of drug-likeness (QED) is 0.814. The van der Waals surface area contributed by atoms with Crippen LogP contribution in [0.25, 0.3) is 0 Å². The normalized spacial score (nSPS) is 38.1. The second-order valence-corrected chi connectivity index (χ2v) is 7.77. The van der Waals surface area contributed by atoms with Crippen molar-refractivity contribution in [3.8, 4) is 0 Å². The van der Waals surface area contributed by atoms with Crippen molar-refractivity contribution in [3.63, 3.8) is 0 Å². The maximum absolute atomic E-state index is 3.51. The first-order chi connectivity index (χ1) is 8.13. The monoisotopic (exact) mass is 256 g/mol. The maximum Gasteiger partial charge on any atom is 0.0103 e. The largest absolute Gasteiger partial charge is 0.316 e. The molecule has 3 unspecified atom stereocenters. The SMILES string of the molecule is CCSC1CCC(N(C)CC2(C)CCNC2)C1. The van der Waals surface area contributed by atoms with Gasteiger partial charge in [0.1, 0.15) is 0 Å². The van der Waals surface area contributed by atoms with Crippen LogP contribution >= 0.6 is 11.8 Å². The molecule has 0 aromatic rings. The van der Waals surface area contributed by atoms with Gasteiger partial charge in [-0.05, 0) is 50.4 Å². The summed E-state index contributed by atoms with van der Waals surface area (Å²) in [5.74, 6) is 1.28. The second kappa shape index (κ2) is 5.94. The van der Waals surface area contributed by atoms with Gasteiger partial charge in [0.25, 0.3) is 0 Å². The first-order valence-corrected chi connectivity index (χ1v) is 8.20. The van der Waals surface area contributed by atoms with Crippen LogP contribution in [-0.2, 0) is 0 Å². The van der Waals surface area contributed by atoms with Gasteiger partial charge in [0.2, 0.25) is 0 Å². The molecule has 0 aromatic carbocycles. The molecule has 1 aliphatic heterocycles. The lowest BCUT2D eigenvalue weighted by atomic mass is 9.89. The summed E-state index contributed by atoms with van der Waals surface area (Å²) in [7, 11) is 2.34. The molecule has 0 aromatic heterocycles. The third-order valence-corrected chi connectivity index (χ3v) is 5.70. The molecular weight excluding hydrogens is 228 g/mol. The Kier molecular flexibility index (Phi) is 4.79. The van der Waals surface area contributed by atoms with Crippen LogP contribution in [-0.4, -0.2) is 48.6 Å². The van der Waals surface area contributed by atoms with E-state index in [0.29, 0.717) is 5.41 Å². The minimum atomic E-state index is 0.519. The molecule has 100 valence electrons. The van der Waals surface area contributed by atoms with E-state index in [-0.39, 0.29) is 0 Å². The summed E-state index contributed by atoms with van der Waals surface area (Å²) < 4.78 is 0. The van der Waals surface area contributed by atoms with Crippen molar-refractivity contribution in [3.05, 3.63) is 0 Å². The van der Waals surface area contributed by atoms with Crippen LogP contribution in [0.2, 0.25) is 0 Å². The highest BCUT2D eigenvalue weighted by molar-refractivity contribution is 7.99. The van der Waals surface area contributed by atoms with Crippen LogP contribution in [0.4, 0.5) is 0 Å². The van der Waals surface area contributed by atoms with Crippen LogP contribution in [0.15, 0.2) is 0 Å². The van der Waals surface area contributed by atoms with Gasteiger partial charge in [-0.15, -0.1) is 0 Å². The summed E-state index contributed by atoms with van der Waals surface area (Å²) in [6.07, 6.45) is 5.61. The van der Waals surface area contributed by atoms with Gasteiger partial charge in [0.15, 0.2) is 0 Å². The highest BCUT2D eigenvalue weighted by Gasteiger charge is 2.34. The molecule has 0 spiro atoms. The molecule has 1 N–H and O–H groups in total. The summed E-state index contributed by atoms with van der Waals surface area (Å²) in [4.78, 5) is 2.64. The van der Waals surface area contributed by atoms with E-state index in [1.54, 1.807) is 0 Å². The third kappa shape index (κ3) is 3.62. The van der Waals surface area contributed by atoms with E-state index in [0.717, 1.165) is 11.3 Å². The smallest absolute Gasteiger partial charge is 0.0103 e. The van der Waals surface area contributed by atoms with Crippen LogP contribution < -0.4 is 5.32 Å². The number of thioether (sulfide) groups is 1. The second-order valence-electron chi connectivity index (χ2n) is 6.20. The predicted octanol–water partition coefficient (Wildman–Crippen LogP) is 2.59. The van der Waals surface area contributed by atoms with Gasteiger partial charge in [-0.1, -0.05) is 13.8 Å². The number of nitrogens with zero attached hydrogens (tertiary/aromatic N) is 1. The van der Waals surface area contributed by atoms with Crippen molar-refractivity contribution >= 4 is 11.8 Å². The Morgan fingerprint density at radius 2 is 2.24 bits per heavy atom. The minimum Gasteiger partial charge on any atom is -0.316 e. The molecule has 3 heteroatoms. The van der Waals surface area contributed by atoms with Crippen molar-refractivity contribution in [1.29, 1.82) is 0 Å². The molecule has 0 amide bonds. The van der Waals surface area contributed by atoms with Gasteiger partial charge in [-0.3, -0.25) is 0 Å². The molecule has 1 aliphatic carbocycles. The summed E-state index contributed by atoms with van der Waals surface area (Å²) >= 11 is 2.16. The summed E-state index contributed by atoms with van der Waals surface area (Å²) in [6.45, 7) is 8.42. The number of hydrogen-bond acceptors (Lipinski definition) is 3. The van der Waals surface area contributed by atoms with Gasteiger partial charge in [-0.25, -0.2) is 0 Å². The first-order valence-electron chi connectivity index (χ1n) is 7.15. The lowest BCUT2D eigenvalue weighted by Gasteiger charge is -2.33. The lowest BCUT2D eigenvalue weighted by molar-refractivity contribution is 0.162. The van der Waals surface area contributed by atoms with E-state index >= 15 is 0 Å². The standard InChI is InChI=1S/C14H28N2S/c1-4-17-13-6-5-12(9-13)16(3)11-14(2)7-8-15-10-14/h12-13,15H,4-11H2,1-3H3. The molecule has 2 fully saturated rings. The summed E-state index contributed by atoms with van der Waals surface area (Å²) in [5.41, 5.74) is 0.519. The number of nitrogens with one attached hydrogen (secondary N) is 1. The van der Waals surface area contributed by atoms with E-state index in [1.165, 1.54) is 51.1 Å². The minimum absolute atomic E-state index is 0.519. The predicted molar refractivity (Wildman–Crippen MR) is 77.8 cm³/mol. The zero-order chi connectivity index (χ0) is 12.3. The van der Waals surface area contributed by atoms with E-state index in [4.69, 9.17) is 0 Å². The average Bonchev–Trinajstić information content (AvgIpc) is 2.88. The Balaban J connectivity index is 1.78. The van der Waals surface area contributed by atoms with Gasteiger partial charge in [-0.2, -0.15) is 11.8 Å². The molecule has 2 aliphatic rings. The molecule has 1 saturated carbocycles. The first kappa shape index (κ1) is 13.7. The van der Waals surface area contributed by atoms with Crippen LogP contribution in [0.3, 0.4) is 0 Å². The van der Waals surface area contributed by atoms with Crippen molar-refractivity contribution in [2.45, 2.75) is 50.8 Å².